The Morgan fingerprint density at radius 3 is 2.80 bits per heavy atom. The van der Waals surface area contributed by atoms with Crippen LogP contribution in [-0.2, 0) is 4.74 Å². The molecule has 0 aromatic heterocycles. The Kier molecular flexibility index (Phi) is 3.94. The van der Waals surface area contributed by atoms with E-state index in [9.17, 15) is 0 Å². The fourth-order valence-corrected chi connectivity index (χ4v) is 3.57. The molecule has 1 aromatic rings. The van der Waals surface area contributed by atoms with E-state index in [1.54, 1.807) is 0 Å². The second-order valence-electron chi connectivity index (χ2n) is 5.83. The van der Waals surface area contributed by atoms with Crippen LogP contribution in [0.1, 0.15) is 44.1 Å². The van der Waals surface area contributed by atoms with Crippen LogP contribution in [0, 0.1) is 0 Å². The quantitative estimate of drug-likeness (QED) is 0.869. The molecule has 3 rings (SSSR count). The molecule has 1 spiro atoms. The zero-order valence-corrected chi connectivity index (χ0v) is 12.5. The molecule has 1 aromatic carbocycles. The van der Waals surface area contributed by atoms with E-state index >= 15 is 0 Å². The molecule has 2 fully saturated rings. The molecule has 1 saturated carbocycles. The van der Waals surface area contributed by atoms with Crippen molar-refractivity contribution in [1.29, 1.82) is 0 Å². The van der Waals surface area contributed by atoms with Gasteiger partial charge < -0.3 is 15.2 Å². The van der Waals surface area contributed by atoms with E-state index < -0.39 is 0 Å². The predicted molar refractivity (Wildman–Crippen MR) is 83.1 cm³/mol. The van der Waals surface area contributed by atoms with Gasteiger partial charge in [-0.2, -0.15) is 0 Å². The molecule has 1 heterocycles. The van der Waals surface area contributed by atoms with Gasteiger partial charge in [0.25, 0.3) is 0 Å². The molecule has 1 atom stereocenters. The molecule has 1 aliphatic carbocycles. The van der Waals surface area contributed by atoms with Crippen LogP contribution in [0.3, 0.4) is 0 Å². The predicted octanol–water partition coefficient (Wildman–Crippen LogP) is 3.19. The van der Waals surface area contributed by atoms with Crippen LogP contribution in [0.15, 0.2) is 24.3 Å². The molecule has 0 amide bonds. The first-order valence-corrected chi connectivity index (χ1v) is 7.79. The van der Waals surface area contributed by atoms with Crippen molar-refractivity contribution in [1.82, 2.24) is 0 Å². The van der Waals surface area contributed by atoms with Gasteiger partial charge in [0.05, 0.1) is 17.8 Å². The zero-order valence-electron chi connectivity index (χ0n) is 11.6. The van der Waals surface area contributed by atoms with Gasteiger partial charge in [0.2, 0.25) is 0 Å². The van der Waals surface area contributed by atoms with Gasteiger partial charge in [0.1, 0.15) is 16.8 Å². The topological polar surface area (TPSA) is 44.5 Å². The molecule has 1 saturated heterocycles. The van der Waals surface area contributed by atoms with Crippen molar-refractivity contribution in [3.63, 3.8) is 0 Å². The van der Waals surface area contributed by atoms with Gasteiger partial charge in [-0.1, -0.05) is 37.2 Å². The van der Waals surface area contributed by atoms with E-state index in [0.717, 1.165) is 30.8 Å². The molecular formula is C16H21NO2S. The van der Waals surface area contributed by atoms with E-state index in [-0.39, 0.29) is 11.7 Å². The second-order valence-corrected chi connectivity index (χ2v) is 6.27. The summed E-state index contributed by atoms with van der Waals surface area (Å²) in [5.41, 5.74) is 6.66. The molecule has 0 radical (unpaired) electrons. The summed E-state index contributed by atoms with van der Waals surface area (Å²) in [7, 11) is 0. The lowest BCUT2D eigenvalue weighted by atomic mass is 9.90. The largest absolute Gasteiger partial charge is 0.489 e. The van der Waals surface area contributed by atoms with Crippen molar-refractivity contribution in [2.24, 2.45) is 5.73 Å². The average molecular weight is 291 g/mol. The SMILES string of the molecule is NC(=S)c1ccccc1OC1CCOC2(CCCC2)C1. The van der Waals surface area contributed by atoms with Crippen LogP contribution in [0.5, 0.6) is 5.75 Å². The van der Waals surface area contributed by atoms with Crippen molar-refractivity contribution in [3.05, 3.63) is 29.8 Å². The first kappa shape index (κ1) is 13.8. The van der Waals surface area contributed by atoms with Crippen LogP contribution >= 0.6 is 12.2 Å². The second kappa shape index (κ2) is 5.70. The van der Waals surface area contributed by atoms with E-state index in [1.807, 2.05) is 24.3 Å². The molecule has 3 nitrogen and oxygen atoms in total. The normalized spacial score (nSPS) is 24.7. The van der Waals surface area contributed by atoms with Gasteiger partial charge >= 0.3 is 0 Å². The lowest BCUT2D eigenvalue weighted by Crippen LogP contribution is -2.41. The smallest absolute Gasteiger partial charge is 0.129 e. The number of ether oxygens (including phenoxy) is 2. The van der Waals surface area contributed by atoms with E-state index in [2.05, 4.69) is 0 Å². The Morgan fingerprint density at radius 2 is 2.05 bits per heavy atom. The summed E-state index contributed by atoms with van der Waals surface area (Å²) < 4.78 is 12.2. The van der Waals surface area contributed by atoms with Crippen molar-refractivity contribution in [2.45, 2.75) is 50.2 Å². The maximum atomic E-state index is 6.19. The number of rotatable bonds is 3. The third kappa shape index (κ3) is 2.81. The summed E-state index contributed by atoms with van der Waals surface area (Å²) in [5, 5.41) is 0. The molecule has 0 bridgehead atoms. The van der Waals surface area contributed by atoms with Crippen LogP contribution in [0.4, 0.5) is 0 Å². The highest BCUT2D eigenvalue weighted by Crippen LogP contribution is 2.41. The van der Waals surface area contributed by atoms with Crippen molar-refractivity contribution < 1.29 is 9.47 Å². The summed E-state index contributed by atoms with van der Waals surface area (Å²) >= 11 is 5.09. The highest BCUT2D eigenvalue weighted by atomic mass is 32.1. The molecule has 1 unspecified atom stereocenters. The summed E-state index contributed by atoms with van der Waals surface area (Å²) in [6.07, 6.45) is 7.02. The lowest BCUT2D eigenvalue weighted by molar-refractivity contribution is -0.108. The summed E-state index contributed by atoms with van der Waals surface area (Å²) in [6, 6.07) is 7.76. The molecule has 20 heavy (non-hydrogen) atoms. The van der Waals surface area contributed by atoms with Gasteiger partial charge in [-0.25, -0.2) is 0 Å². The minimum atomic E-state index is 0.0705. The zero-order chi connectivity index (χ0) is 14.0. The van der Waals surface area contributed by atoms with Crippen molar-refractivity contribution in [3.8, 4) is 5.75 Å². The molecule has 2 aliphatic rings. The fourth-order valence-electron chi connectivity index (χ4n) is 3.40. The highest BCUT2D eigenvalue weighted by molar-refractivity contribution is 7.80. The van der Waals surface area contributed by atoms with Crippen molar-refractivity contribution in [2.75, 3.05) is 6.61 Å². The standard InChI is InChI=1S/C16H21NO2S/c17-15(20)13-5-1-2-6-14(13)19-12-7-10-18-16(11-12)8-3-4-9-16/h1-2,5-6,12H,3-4,7-11H2,(H2,17,20). The number of thiocarbonyl (C=S) groups is 1. The molecule has 4 heteroatoms. The summed E-state index contributed by atoms with van der Waals surface area (Å²) in [6.45, 7) is 0.792. The van der Waals surface area contributed by atoms with E-state index in [1.165, 1.54) is 25.7 Å². The first-order valence-electron chi connectivity index (χ1n) is 7.38. The van der Waals surface area contributed by atoms with E-state index in [4.69, 9.17) is 27.4 Å². The Morgan fingerprint density at radius 1 is 1.30 bits per heavy atom. The minimum Gasteiger partial charge on any atom is -0.489 e. The van der Waals surface area contributed by atoms with Crippen LogP contribution in [0.25, 0.3) is 0 Å². The molecular weight excluding hydrogens is 270 g/mol. The maximum absolute atomic E-state index is 6.19. The Hall–Kier alpha value is -1.13. The Balaban J connectivity index is 1.73. The van der Waals surface area contributed by atoms with Crippen LogP contribution in [0.2, 0.25) is 0 Å². The fraction of sp³-hybridized carbons (Fsp3) is 0.562. The van der Waals surface area contributed by atoms with Gasteiger partial charge in [0, 0.05) is 12.8 Å². The number of hydrogen-bond donors (Lipinski definition) is 1. The number of benzene rings is 1. The molecule has 108 valence electrons. The lowest BCUT2D eigenvalue weighted by Gasteiger charge is -2.38. The van der Waals surface area contributed by atoms with Gasteiger partial charge in [-0.05, 0) is 25.0 Å². The van der Waals surface area contributed by atoms with E-state index in [0.29, 0.717) is 4.99 Å². The molecule has 2 N–H and O–H groups in total. The first-order chi connectivity index (χ1) is 9.69. The highest BCUT2D eigenvalue weighted by Gasteiger charge is 2.40. The average Bonchev–Trinajstić information content (AvgIpc) is 2.87. The number of nitrogens with two attached hydrogens (primary N) is 1. The van der Waals surface area contributed by atoms with Crippen LogP contribution in [-0.4, -0.2) is 23.3 Å². The Labute approximate surface area is 125 Å². The van der Waals surface area contributed by atoms with Crippen molar-refractivity contribution >= 4 is 17.2 Å². The summed E-state index contributed by atoms with van der Waals surface area (Å²) in [5.74, 6) is 0.806. The third-order valence-electron chi connectivity index (χ3n) is 4.41. The molecule has 1 aliphatic heterocycles. The number of hydrogen-bond acceptors (Lipinski definition) is 3. The monoisotopic (exact) mass is 291 g/mol. The van der Waals surface area contributed by atoms with Crippen LogP contribution < -0.4 is 10.5 Å². The summed E-state index contributed by atoms with van der Waals surface area (Å²) in [4.78, 5) is 0.392. The van der Waals surface area contributed by atoms with Gasteiger partial charge in [-0.15, -0.1) is 0 Å². The maximum Gasteiger partial charge on any atom is 0.129 e. The minimum absolute atomic E-state index is 0.0705. The van der Waals surface area contributed by atoms with Gasteiger partial charge in [0.15, 0.2) is 0 Å². The van der Waals surface area contributed by atoms with Gasteiger partial charge in [-0.3, -0.25) is 0 Å². The third-order valence-corrected chi connectivity index (χ3v) is 4.63. The number of para-hydroxylation sites is 1. The Bertz CT molecular complexity index is 497.